The molecule has 0 aliphatic carbocycles. The van der Waals surface area contributed by atoms with E-state index in [1.807, 2.05) is 6.92 Å². The minimum Gasteiger partial charge on any atom is -0.396 e. The average Bonchev–Trinajstić information content (AvgIpc) is 2.88. The molecule has 0 bridgehead atoms. The van der Waals surface area contributed by atoms with Gasteiger partial charge in [0.25, 0.3) is 0 Å². The lowest BCUT2D eigenvalue weighted by Gasteiger charge is -2.36. The van der Waals surface area contributed by atoms with Crippen LogP contribution in [0.3, 0.4) is 0 Å². The number of hydrogen-bond donors (Lipinski definition) is 1. The van der Waals surface area contributed by atoms with Crippen molar-refractivity contribution >= 4 is 10.0 Å². The summed E-state index contributed by atoms with van der Waals surface area (Å²) in [6.45, 7) is 3.88. The first-order valence-corrected chi connectivity index (χ1v) is 8.67. The summed E-state index contributed by atoms with van der Waals surface area (Å²) in [5.41, 5.74) is 0.694. The molecule has 2 saturated heterocycles. The van der Waals surface area contributed by atoms with E-state index in [4.69, 9.17) is 4.74 Å². The lowest BCUT2D eigenvalue weighted by atomic mass is 9.75. The first-order chi connectivity index (χ1) is 9.98. The van der Waals surface area contributed by atoms with Crippen LogP contribution < -0.4 is 0 Å². The number of ether oxygens (including phenoxy) is 1. The van der Waals surface area contributed by atoms with Gasteiger partial charge in [-0.25, -0.2) is 8.42 Å². The van der Waals surface area contributed by atoms with Crippen LogP contribution in [-0.4, -0.2) is 50.7 Å². The van der Waals surface area contributed by atoms with Crippen molar-refractivity contribution in [3.8, 4) is 0 Å². The quantitative estimate of drug-likeness (QED) is 0.905. The van der Waals surface area contributed by atoms with Gasteiger partial charge in [0.15, 0.2) is 0 Å². The van der Waals surface area contributed by atoms with Crippen LogP contribution in [0.2, 0.25) is 0 Å². The van der Waals surface area contributed by atoms with Crippen LogP contribution in [-0.2, 0) is 14.8 Å². The maximum Gasteiger partial charge on any atom is 0.243 e. The first kappa shape index (κ1) is 15.0. The van der Waals surface area contributed by atoms with E-state index in [0.29, 0.717) is 37.6 Å². The number of aliphatic hydroxyl groups is 1. The molecule has 2 aliphatic rings. The number of hydrogen-bond acceptors (Lipinski definition) is 4. The van der Waals surface area contributed by atoms with Crippen molar-refractivity contribution in [2.45, 2.75) is 18.2 Å². The molecule has 3 rings (SSSR count). The van der Waals surface area contributed by atoms with Gasteiger partial charge >= 0.3 is 0 Å². The third-order valence-electron chi connectivity index (χ3n) is 4.82. The molecule has 0 aromatic heterocycles. The molecule has 0 saturated carbocycles. The van der Waals surface area contributed by atoms with Gasteiger partial charge in [0.1, 0.15) is 0 Å². The van der Waals surface area contributed by atoms with Gasteiger partial charge < -0.3 is 9.84 Å². The Balaban J connectivity index is 1.89. The summed E-state index contributed by atoms with van der Waals surface area (Å²) in [6, 6.07) is 6.91. The maximum atomic E-state index is 12.8. The highest BCUT2D eigenvalue weighted by Crippen LogP contribution is 2.43. The molecule has 116 valence electrons. The second-order valence-corrected chi connectivity index (χ2v) is 8.09. The number of benzene rings is 1. The highest BCUT2D eigenvalue weighted by molar-refractivity contribution is 7.89. The zero-order chi connectivity index (χ0) is 15.1. The zero-order valence-electron chi connectivity index (χ0n) is 12.2. The monoisotopic (exact) mass is 311 g/mol. The number of aliphatic hydroxyl groups excluding tert-OH is 1. The van der Waals surface area contributed by atoms with E-state index in [0.717, 1.165) is 5.56 Å². The second-order valence-electron chi connectivity index (χ2n) is 6.15. The van der Waals surface area contributed by atoms with E-state index in [1.54, 1.807) is 24.3 Å². The van der Waals surface area contributed by atoms with Crippen molar-refractivity contribution in [1.29, 1.82) is 0 Å². The van der Waals surface area contributed by atoms with Crippen LogP contribution in [0, 0.1) is 18.3 Å². The van der Waals surface area contributed by atoms with E-state index >= 15 is 0 Å². The number of fused-ring (bicyclic) bond motifs is 1. The van der Waals surface area contributed by atoms with Gasteiger partial charge in [-0.3, -0.25) is 0 Å². The number of sulfonamides is 1. The highest BCUT2D eigenvalue weighted by atomic mass is 32.2. The Bertz CT molecular complexity index is 613. The van der Waals surface area contributed by atoms with E-state index in [9.17, 15) is 13.5 Å². The number of rotatable bonds is 3. The molecule has 21 heavy (non-hydrogen) atoms. The van der Waals surface area contributed by atoms with E-state index in [1.165, 1.54) is 4.31 Å². The summed E-state index contributed by atoms with van der Waals surface area (Å²) in [5, 5.41) is 9.77. The lowest BCUT2D eigenvalue weighted by molar-refractivity contribution is -0.0414. The molecule has 2 fully saturated rings. The summed E-state index contributed by atoms with van der Waals surface area (Å²) in [7, 11) is -3.50. The molecule has 1 aromatic carbocycles. The van der Waals surface area contributed by atoms with Crippen molar-refractivity contribution in [2.75, 3.05) is 32.9 Å². The van der Waals surface area contributed by atoms with Gasteiger partial charge in [0, 0.05) is 31.0 Å². The Morgan fingerprint density at radius 2 is 2.10 bits per heavy atom. The Hall–Kier alpha value is -0.950. The Morgan fingerprint density at radius 3 is 2.71 bits per heavy atom. The van der Waals surface area contributed by atoms with Crippen LogP contribution in [0.5, 0.6) is 0 Å². The van der Waals surface area contributed by atoms with Crippen molar-refractivity contribution in [2.24, 2.45) is 11.3 Å². The van der Waals surface area contributed by atoms with Crippen LogP contribution in [0.4, 0.5) is 0 Å². The fourth-order valence-corrected chi connectivity index (χ4v) is 4.88. The van der Waals surface area contributed by atoms with Gasteiger partial charge in [-0.05, 0) is 25.5 Å². The van der Waals surface area contributed by atoms with Gasteiger partial charge in [-0.2, -0.15) is 4.31 Å². The Kier molecular flexibility index (Phi) is 3.81. The molecular formula is C15H21NO4S. The van der Waals surface area contributed by atoms with E-state index in [-0.39, 0.29) is 17.9 Å². The Labute approximate surface area is 125 Å². The SMILES string of the molecule is Cc1ccc(S(=O)(=O)N2C[C@@H]3COCC[C@]3(CO)C2)cc1. The molecule has 0 unspecified atom stereocenters. The second kappa shape index (κ2) is 5.35. The molecular weight excluding hydrogens is 290 g/mol. The van der Waals surface area contributed by atoms with Crippen LogP contribution in [0.1, 0.15) is 12.0 Å². The third-order valence-corrected chi connectivity index (χ3v) is 6.64. The van der Waals surface area contributed by atoms with Crippen molar-refractivity contribution in [3.05, 3.63) is 29.8 Å². The first-order valence-electron chi connectivity index (χ1n) is 7.23. The Morgan fingerprint density at radius 1 is 1.38 bits per heavy atom. The largest absolute Gasteiger partial charge is 0.396 e. The number of nitrogens with zero attached hydrogens (tertiary/aromatic N) is 1. The summed E-state index contributed by atoms with van der Waals surface area (Å²) in [4.78, 5) is 0.320. The minimum atomic E-state index is -3.50. The molecule has 1 aromatic rings. The van der Waals surface area contributed by atoms with Gasteiger partial charge in [-0.15, -0.1) is 0 Å². The molecule has 0 amide bonds. The van der Waals surface area contributed by atoms with Gasteiger partial charge in [0.2, 0.25) is 10.0 Å². The molecule has 6 heteroatoms. The molecule has 1 N–H and O–H groups in total. The maximum absolute atomic E-state index is 12.8. The van der Waals surface area contributed by atoms with Crippen LogP contribution >= 0.6 is 0 Å². The molecule has 0 radical (unpaired) electrons. The smallest absolute Gasteiger partial charge is 0.243 e. The normalized spacial score (nSPS) is 30.3. The van der Waals surface area contributed by atoms with E-state index in [2.05, 4.69) is 0 Å². The summed E-state index contributed by atoms with van der Waals surface area (Å²) < 4.78 is 32.5. The lowest BCUT2D eigenvalue weighted by Crippen LogP contribution is -2.41. The molecule has 5 nitrogen and oxygen atoms in total. The standard InChI is InChI=1S/C15H21NO4S/c1-12-2-4-14(5-3-12)21(18,19)16-8-13-9-20-7-6-15(13,10-16)11-17/h2-5,13,17H,6-11H2,1H3/t13-,15-/m1/s1. The molecule has 2 atom stereocenters. The minimum absolute atomic E-state index is 0.0148. The molecule has 0 spiro atoms. The van der Waals surface area contributed by atoms with Crippen molar-refractivity contribution in [1.82, 2.24) is 4.31 Å². The predicted molar refractivity (Wildman–Crippen MR) is 78.4 cm³/mol. The number of aryl methyl sites for hydroxylation is 1. The van der Waals surface area contributed by atoms with Gasteiger partial charge in [0.05, 0.1) is 18.1 Å². The zero-order valence-corrected chi connectivity index (χ0v) is 13.0. The average molecular weight is 311 g/mol. The summed E-state index contributed by atoms with van der Waals surface area (Å²) >= 11 is 0. The third kappa shape index (κ3) is 2.50. The summed E-state index contributed by atoms with van der Waals surface area (Å²) in [6.07, 6.45) is 0.716. The fourth-order valence-electron chi connectivity index (χ4n) is 3.30. The van der Waals surface area contributed by atoms with Crippen LogP contribution in [0.15, 0.2) is 29.2 Å². The summed E-state index contributed by atoms with van der Waals surface area (Å²) in [5.74, 6) is 0.0801. The van der Waals surface area contributed by atoms with Crippen molar-refractivity contribution in [3.63, 3.8) is 0 Å². The molecule has 2 heterocycles. The highest BCUT2D eigenvalue weighted by Gasteiger charge is 2.51. The topological polar surface area (TPSA) is 66.8 Å². The van der Waals surface area contributed by atoms with E-state index < -0.39 is 10.0 Å². The van der Waals surface area contributed by atoms with Crippen molar-refractivity contribution < 1.29 is 18.3 Å². The predicted octanol–water partition coefficient (Wildman–Crippen LogP) is 1.01. The van der Waals surface area contributed by atoms with Gasteiger partial charge in [-0.1, -0.05) is 17.7 Å². The fraction of sp³-hybridized carbons (Fsp3) is 0.600. The van der Waals surface area contributed by atoms with Crippen LogP contribution in [0.25, 0.3) is 0 Å². The molecule has 2 aliphatic heterocycles.